The van der Waals surface area contributed by atoms with Crippen molar-refractivity contribution in [1.82, 2.24) is 0 Å². The molecule has 1 N–H and O–H groups in total. The maximum Gasteiger partial charge on any atom is 0.309 e. The molecule has 1 saturated carbocycles. The van der Waals surface area contributed by atoms with Gasteiger partial charge in [-0.1, -0.05) is 27.7 Å². The van der Waals surface area contributed by atoms with Crippen LogP contribution in [0.5, 0.6) is 0 Å². The molecule has 0 aliphatic heterocycles. The average Bonchev–Trinajstić information content (AvgIpc) is 2.44. The van der Waals surface area contributed by atoms with E-state index < -0.39 is 11.4 Å². The van der Waals surface area contributed by atoms with E-state index in [1.807, 2.05) is 0 Å². The fraction of sp³-hybridized carbons (Fsp3) is 0.923. The summed E-state index contributed by atoms with van der Waals surface area (Å²) in [6.45, 7) is 8.71. The summed E-state index contributed by atoms with van der Waals surface area (Å²) in [4.78, 5) is 11.4. The van der Waals surface area contributed by atoms with Gasteiger partial charge in [0.15, 0.2) is 0 Å². The molecule has 0 aromatic carbocycles. The number of carboxylic acid groups (broad SMARTS) is 1. The Morgan fingerprint density at radius 1 is 1.47 bits per heavy atom. The van der Waals surface area contributed by atoms with E-state index in [4.69, 9.17) is 0 Å². The third kappa shape index (κ3) is 3.22. The SMILES string of the molecule is CC1CCC(CCC(C)(C)C)(C(=O)O)C1. The van der Waals surface area contributed by atoms with Crippen molar-refractivity contribution in [3.8, 4) is 0 Å². The van der Waals surface area contributed by atoms with E-state index in [2.05, 4.69) is 27.7 Å². The van der Waals surface area contributed by atoms with Gasteiger partial charge >= 0.3 is 5.97 Å². The molecule has 2 heteroatoms. The number of carboxylic acids is 1. The van der Waals surface area contributed by atoms with Gasteiger partial charge < -0.3 is 5.11 Å². The largest absolute Gasteiger partial charge is 0.481 e. The lowest BCUT2D eigenvalue weighted by atomic mass is 9.76. The van der Waals surface area contributed by atoms with Crippen LogP contribution in [-0.4, -0.2) is 11.1 Å². The first-order valence-electron chi connectivity index (χ1n) is 5.99. The molecule has 2 nitrogen and oxygen atoms in total. The van der Waals surface area contributed by atoms with Crippen LogP contribution < -0.4 is 0 Å². The molecule has 1 aliphatic rings. The van der Waals surface area contributed by atoms with E-state index in [0.717, 1.165) is 32.1 Å². The van der Waals surface area contributed by atoms with E-state index in [0.29, 0.717) is 5.92 Å². The Kier molecular flexibility index (Phi) is 3.47. The van der Waals surface area contributed by atoms with Crippen molar-refractivity contribution in [3.05, 3.63) is 0 Å². The molecule has 0 radical (unpaired) electrons. The number of rotatable bonds is 3. The highest BCUT2D eigenvalue weighted by Gasteiger charge is 2.44. The van der Waals surface area contributed by atoms with Gasteiger partial charge in [0.25, 0.3) is 0 Å². The number of carbonyl (C=O) groups is 1. The summed E-state index contributed by atoms with van der Waals surface area (Å²) in [7, 11) is 0. The topological polar surface area (TPSA) is 37.3 Å². The van der Waals surface area contributed by atoms with Crippen molar-refractivity contribution in [1.29, 1.82) is 0 Å². The second kappa shape index (κ2) is 4.15. The first-order valence-corrected chi connectivity index (χ1v) is 5.99. The predicted molar refractivity (Wildman–Crippen MR) is 61.8 cm³/mol. The standard InChI is InChI=1S/C13H24O2/c1-10-5-6-13(9-10,11(14)15)8-7-12(2,3)4/h10H,5-9H2,1-4H3,(H,14,15). The second-order valence-corrected chi connectivity index (χ2v) is 6.49. The summed E-state index contributed by atoms with van der Waals surface area (Å²) >= 11 is 0. The molecule has 2 unspecified atom stereocenters. The molecule has 1 fully saturated rings. The Hall–Kier alpha value is -0.530. The lowest BCUT2D eigenvalue weighted by molar-refractivity contribution is -0.149. The molecule has 1 aliphatic carbocycles. The maximum absolute atomic E-state index is 11.4. The average molecular weight is 212 g/mol. The van der Waals surface area contributed by atoms with Crippen molar-refractivity contribution in [3.63, 3.8) is 0 Å². The fourth-order valence-corrected chi connectivity index (χ4v) is 2.54. The van der Waals surface area contributed by atoms with Crippen LogP contribution in [0.2, 0.25) is 0 Å². The summed E-state index contributed by atoms with van der Waals surface area (Å²) in [5.41, 5.74) is -0.166. The molecule has 0 spiro atoms. The van der Waals surface area contributed by atoms with Crippen molar-refractivity contribution in [2.45, 2.75) is 59.8 Å². The van der Waals surface area contributed by atoms with Gasteiger partial charge in [-0.15, -0.1) is 0 Å². The molecule has 15 heavy (non-hydrogen) atoms. The predicted octanol–water partition coefficient (Wildman–Crippen LogP) is 3.70. The lowest BCUT2D eigenvalue weighted by Crippen LogP contribution is -2.29. The zero-order valence-corrected chi connectivity index (χ0v) is 10.5. The third-order valence-electron chi connectivity index (χ3n) is 3.66. The van der Waals surface area contributed by atoms with Crippen LogP contribution in [0.15, 0.2) is 0 Å². The first kappa shape index (κ1) is 12.5. The molecule has 88 valence electrons. The summed E-state index contributed by atoms with van der Waals surface area (Å²) in [5.74, 6) is 0.0113. The minimum atomic E-state index is -0.573. The minimum absolute atomic E-state index is 0.244. The Bertz CT molecular complexity index is 239. The zero-order chi connectivity index (χ0) is 11.7. The smallest absolute Gasteiger partial charge is 0.309 e. The summed E-state index contributed by atoms with van der Waals surface area (Å²) in [6, 6.07) is 0. The number of aliphatic carboxylic acids is 1. The molecular weight excluding hydrogens is 188 g/mol. The molecular formula is C13H24O2. The van der Waals surface area contributed by atoms with E-state index >= 15 is 0 Å². The van der Waals surface area contributed by atoms with Gasteiger partial charge in [0.05, 0.1) is 5.41 Å². The van der Waals surface area contributed by atoms with E-state index in [-0.39, 0.29) is 5.41 Å². The Morgan fingerprint density at radius 3 is 2.40 bits per heavy atom. The van der Waals surface area contributed by atoms with Gasteiger partial charge in [-0.3, -0.25) is 4.79 Å². The Labute approximate surface area is 93.1 Å². The van der Waals surface area contributed by atoms with Crippen LogP contribution in [0.4, 0.5) is 0 Å². The monoisotopic (exact) mass is 212 g/mol. The zero-order valence-electron chi connectivity index (χ0n) is 10.5. The number of hydrogen-bond acceptors (Lipinski definition) is 1. The van der Waals surface area contributed by atoms with Gasteiger partial charge in [-0.25, -0.2) is 0 Å². The van der Waals surface area contributed by atoms with Crippen LogP contribution in [0.3, 0.4) is 0 Å². The fourth-order valence-electron chi connectivity index (χ4n) is 2.54. The summed E-state index contributed by atoms with van der Waals surface area (Å²) < 4.78 is 0. The molecule has 0 saturated heterocycles. The Balaban J connectivity index is 2.64. The number of hydrogen-bond donors (Lipinski definition) is 1. The molecule has 1 rings (SSSR count). The van der Waals surface area contributed by atoms with Crippen LogP contribution in [0.1, 0.15) is 59.8 Å². The van der Waals surface area contributed by atoms with Crippen LogP contribution >= 0.6 is 0 Å². The normalized spacial score (nSPS) is 31.9. The highest BCUT2D eigenvalue weighted by molar-refractivity contribution is 5.75. The lowest BCUT2D eigenvalue weighted by Gasteiger charge is -2.28. The first-order chi connectivity index (χ1) is 6.75. The second-order valence-electron chi connectivity index (χ2n) is 6.49. The van der Waals surface area contributed by atoms with Gasteiger partial charge in [0.2, 0.25) is 0 Å². The molecule has 0 aromatic heterocycles. The van der Waals surface area contributed by atoms with Crippen molar-refractivity contribution in [2.75, 3.05) is 0 Å². The van der Waals surface area contributed by atoms with E-state index in [9.17, 15) is 9.90 Å². The third-order valence-corrected chi connectivity index (χ3v) is 3.66. The molecule has 0 heterocycles. The van der Waals surface area contributed by atoms with E-state index in [1.165, 1.54) is 0 Å². The summed E-state index contributed by atoms with van der Waals surface area (Å²) in [6.07, 6.45) is 4.68. The van der Waals surface area contributed by atoms with E-state index in [1.54, 1.807) is 0 Å². The minimum Gasteiger partial charge on any atom is -0.481 e. The van der Waals surface area contributed by atoms with Gasteiger partial charge in [0, 0.05) is 0 Å². The van der Waals surface area contributed by atoms with Crippen molar-refractivity contribution < 1.29 is 9.90 Å². The van der Waals surface area contributed by atoms with Crippen LogP contribution in [-0.2, 0) is 4.79 Å². The molecule has 0 aromatic rings. The highest BCUT2D eigenvalue weighted by Crippen LogP contribution is 2.46. The van der Waals surface area contributed by atoms with Crippen LogP contribution in [0, 0.1) is 16.7 Å². The van der Waals surface area contributed by atoms with Crippen molar-refractivity contribution >= 4 is 5.97 Å². The Morgan fingerprint density at radius 2 is 2.07 bits per heavy atom. The quantitative estimate of drug-likeness (QED) is 0.774. The molecule has 2 atom stereocenters. The van der Waals surface area contributed by atoms with Gasteiger partial charge in [0.1, 0.15) is 0 Å². The molecule has 0 amide bonds. The summed E-state index contributed by atoms with van der Waals surface area (Å²) in [5, 5.41) is 9.38. The van der Waals surface area contributed by atoms with Gasteiger partial charge in [-0.2, -0.15) is 0 Å². The van der Waals surface area contributed by atoms with Crippen LogP contribution in [0.25, 0.3) is 0 Å². The van der Waals surface area contributed by atoms with Gasteiger partial charge in [-0.05, 0) is 43.4 Å². The maximum atomic E-state index is 11.4. The van der Waals surface area contributed by atoms with Crippen molar-refractivity contribution in [2.24, 2.45) is 16.7 Å². The highest BCUT2D eigenvalue weighted by atomic mass is 16.4. The molecule has 0 bridgehead atoms.